The number of benzene rings is 2. The third kappa shape index (κ3) is 5.03. The number of nitrogens with one attached hydrogen (secondary N) is 2. The molecule has 0 fully saturated rings. The van der Waals surface area contributed by atoms with Crippen LogP contribution in [0.25, 0.3) is 5.69 Å². The van der Waals surface area contributed by atoms with E-state index >= 15 is 0 Å². The standard InChI is InChI=1S/C23H23BrN4O3/c1-13-5-6-17(22(29)30)11-21(13)28-15(3)10-18(16(28)4)12-25-27-23(31)26-19-7-8-20(24)14(2)9-19/h5-12H,1-4H3,(H,29,30)(H2,26,27,31)/b25-12+. The number of rotatable bonds is 5. The first-order valence-corrected chi connectivity index (χ1v) is 10.4. The van der Waals surface area contributed by atoms with Crippen LogP contribution in [0.4, 0.5) is 10.5 Å². The molecule has 0 saturated carbocycles. The number of anilines is 1. The molecule has 8 heteroatoms. The van der Waals surface area contributed by atoms with Crippen LogP contribution < -0.4 is 10.7 Å². The van der Waals surface area contributed by atoms with Crippen LogP contribution in [-0.2, 0) is 0 Å². The summed E-state index contributed by atoms with van der Waals surface area (Å²) in [5.74, 6) is -0.971. The summed E-state index contributed by atoms with van der Waals surface area (Å²) < 4.78 is 2.95. The minimum absolute atomic E-state index is 0.227. The lowest BCUT2D eigenvalue weighted by atomic mass is 10.1. The maximum Gasteiger partial charge on any atom is 0.339 e. The number of aromatic nitrogens is 1. The molecule has 0 atom stereocenters. The SMILES string of the molecule is Cc1cc(NC(=O)N/N=C/c2cc(C)n(-c3cc(C(=O)O)ccc3C)c2C)ccc1Br. The van der Waals surface area contributed by atoms with Gasteiger partial charge in [0.05, 0.1) is 11.8 Å². The summed E-state index contributed by atoms with van der Waals surface area (Å²) in [7, 11) is 0. The van der Waals surface area contributed by atoms with Crippen LogP contribution in [0, 0.1) is 27.7 Å². The van der Waals surface area contributed by atoms with Crippen LogP contribution in [-0.4, -0.2) is 27.9 Å². The van der Waals surface area contributed by atoms with Crippen molar-refractivity contribution in [2.45, 2.75) is 27.7 Å². The second kappa shape index (κ2) is 9.18. The molecule has 3 N–H and O–H groups in total. The van der Waals surface area contributed by atoms with Crippen molar-refractivity contribution in [1.29, 1.82) is 0 Å². The van der Waals surface area contributed by atoms with Crippen LogP contribution in [0.1, 0.15) is 38.4 Å². The van der Waals surface area contributed by atoms with Crippen molar-refractivity contribution in [1.82, 2.24) is 9.99 Å². The Morgan fingerprint density at radius 1 is 1.03 bits per heavy atom. The van der Waals surface area contributed by atoms with E-state index in [0.29, 0.717) is 5.69 Å². The van der Waals surface area contributed by atoms with E-state index in [1.165, 1.54) is 0 Å². The Morgan fingerprint density at radius 3 is 2.45 bits per heavy atom. The zero-order valence-corrected chi connectivity index (χ0v) is 19.2. The monoisotopic (exact) mass is 482 g/mol. The first-order valence-electron chi connectivity index (χ1n) is 9.57. The van der Waals surface area contributed by atoms with Gasteiger partial charge in [-0.15, -0.1) is 0 Å². The highest BCUT2D eigenvalue weighted by Crippen LogP contribution is 2.24. The van der Waals surface area contributed by atoms with Crippen molar-refractivity contribution < 1.29 is 14.7 Å². The second-order valence-electron chi connectivity index (χ2n) is 7.26. The van der Waals surface area contributed by atoms with Gasteiger partial charge in [-0.3, -0.25) is 0 Å². The molecule has 0 radical (unpaired) electrons. The lowest BCUT2D eigenvalue weighted by molar-refractivity contribution is 0.0697. The van der Waals surface area contributed by atoms with Crippen LogP contribution >= 0.6 is 15.9 Å². The fourth-order valence-electron chi connectivity index (χ4n) is 3.31. The summed E-state index contributed by atoms with van der Waals surface area (Å²) in [6.07, 6.45) is 1.57. The normalized spacial score (nSPS) is 11.0. The number of nitrogens with zero attached hydrogens (tertiary/aromatic N) is 2. The van der Waals surface area contributed by atoms with E-state index in [2.05, 4.69) is 31.8 Å². The molecule has 3 rings (SSSR count). The largest absolute Gasteiger partial charge is 0.478 e. The number of carboxylic acid groups (broad SMARTS) is 1. The topological polar surface area (TPSA) is 95.7 Å². The highest BCUT2D eigenvalue weighted by Gasteiger charge is 2.14. The Morgan fingerprint density at radius 2 is 1.77 bits per heavy atom. The number of hydrogen-bond acceptors (Lipinski definition) is 3. The molecule has 1 aromatic heterocycles. The lowest BCUT2D eigenvalue weighted by Crippen LogP contribution is -2.24. The van der Waals surface area contributed by atoms with Gasteiger partial charge in [0.2, 0.25) is 0 Å². The van der Waals surface area contributed by atoms with Gasteiger partial charge in [-0.1, -0.05) is 22.0 Å². The maximum absolute atomic E-state index is 12.1. The maximum atomic E-state index is 12.1. The van der Waals surface area contributed by atoms with Crippen molar-refractivity contribution in [2.24, 2.45) is 5.10 Å². The Bertz CT molecular complexity index is 1200. The molecule has 0 unspecified atom stereocenters. The van der Waals surface area contributed by atoms with E-state index in [1.807, 2.05) is 50.5 Å². The van der Waals surface area contributed by atoms with E-state index < -0.39 is 12.0 Å². The molecular weight excluding hydrogens is 460 g/mol. The molecule has 2 aromatic carbocycles. The summed E-state index contributed by atoms with van der Waals surface area (Å²) in [5, 5.41) is 16.1. The predicted molar refractivity (Wildman–Crippen MR) is 126 cm³/mol. The number of urea groups is 1. The van der Waals surface area contributed by atoms with Gasteiger partial charge in [0, 0.05) is 32.8 Å². The number of hydrazone groups is 1. The van der Waals surface area contributed by atoms with Crippen molar-refractivity contribution in [2.75, 3.05) is 5.32 Å². The zero-order chi connectivity index (χ0) is 22.7. The molecule has 1 heterocycles. The highest BCUT2D eigenvalue weighted by atomic mass is 79.9. The Balaban J connectivity index is 1.77. The fraction of sp³-hybridized carbons (Fsp3) is 0.174. The zero-order valence-electron chi connectivity index (χ0n) is 17.7. The minimum Gasteiger partial charge on any atom is -0.478 e. The summed E-state index contributed by atoms with van der Waals surface area (Å²) in [6.45, 7) is 7.73. The van der Waals surface area contributed by atoms with Gasteiger partial charge in [-0.25, -0.2) is 15.0 Å². The summed E-state index contributed by atoms with van der Waals surface area (Å²) >= 11 is 3.43. The molecule has 7 nitrogen and oxygen atoms in total. The van der Waals surface area contributed by atoms with Crippen LogP contribution in [0.3, 0.4) is 0 Å². The predicted octanol–water partition coefficient (Wildman–Crippen LogP) is 5.33. The summed E-state index contributed by atoms with van der Waals surface area (Å²) in [5.41, 5.74) is 8.76. The molecule has 160 valence electrons. The first-order chi connectivity index (χ1) is 14.7. The van der Waals surface area contributed by atoms with Crippen molar-refractivity contribution in [3.63, 3.8) is 0 Å². The van der Waals surface area contributed by atoms with Gasteiger partial charge in [-0.2, -0.15) is 5.10 Å². The number of aromatic carboxylic acids is 1. The van der Waals surface area contributed by atoms with E-state index in [-0.39, 0.29) is 5.56 Å². The average molecular weight is 483 g/mol. The van der Waals surface area contributed by atoms with Crippen molar-refractivity contribution >= 4 is 39.8 Å². The van der Waals surface area contributed by atoms with E-state index in [9.17, 15) is 14.7 Å². The third-order valence-electron chi connectivity index (χ3n) is 4.95. The summed E-state index contributed by atoms with van der Waals surface area (Å²) in [6, 6.07) is 12.0. The van der Waals surface area contributed by atoms with Gasteiger partial charge in [0.15, 0.2) is 0 Å². The molecular formula is C23H23BrN4O3. The van der Waals surface area contributed by atoms with Gasteiger partial charge in [0.25, 0.3) is 0 Å². The molecule has 3 aromatic rings. The molecule has 0 aliphatic carbocycles. The number of hydrogen-bond donors (Lipinski definition) is 3. The average Bonchev–Trinajstić information content (AvgIpc) is 2.98. The lowest BCUT2D eigenvalue weighted by Gasteiger charge is -2.13. The van der Waals surface area contributed by atoms with Crippen LogP contribution in [0.15, 0.2) is 52.0 Å². The minimum atomic E-state index is -0.971. The quantitative estimate of drug-likeness (QED) is 0.338. The summed E-state index contributed by atoms with van der Waals surface area (Å²) in [4.78, 5) is 23.5. The number of halogens is 1. The molecule has 2 amide bonds. The Labute approximate surface area is 188 Å². The number of carbonyl (C=O) groups excluding carboxylic acids is 1. The van der Waals surface area contributed by atoms with E-state index in [1.54, 1.807) is 30.5 Å². The molecule has 0 saturated heterocycles. The van der Waals surface area contributed by atoms with Gasteiger partial charge >= 0.3 is 12.0 Å². The molecule has 31 heavy (non-hydrogen) atoms. The smallest absolute Gasteiger partial charge is 0.339 e. The molecule has 0 bridgehead atoms. The highest BCUT2D eigenvalue weighted by molar-refractivity contribution is 9.10. The van der Waals surface area contributed by atoms with Gasteiger partial charge < -0.3 is 15.0 Å². The first kappa shape index (κ1) is 22.3. The van der Waals surface area contributed by atoms with Crippen LogP contribution in [0.2, 0.25) is 0 Å². The third-order valence-corrected chi connectivity index (χ3v) is 5.84. The van der Waals surface area contributed by atoms with E-state index in [0.717, 1.165) is 38.2 Å². The molecule has 0 aliphatic rings. The number of aryl methyl sites for hydroxylation is 3. The van der Waals surface area contributed by atoms with Gasteiger partial charge in [0.1, 0.15) is 0 Å². The van der Waals surface area contributed by atoms with Gasteiger partial charge in [-0.05, 0) is 75.2 Å². The fourth-order valence-corrected chi connectivity index (χ4v) is 3.56. The number of carbonyl (C=O) groups is 2. The van der Waals surface area contributed by atoms with Crippen molar-refractivity contribution in [3.05, 3.63) is 80.6 Å². The van der Waals surface area contributed by atoms with E-state index in [4.69, 9.17) is 0 Å². The molecule has 0 aliphatic heterocycles. The Kier molecular flexibility index (Phi) is 6.60. The van der Waals surface area contributed by atoms with Crippen molar-refractivity contribution in [3.8, 4) is 5.69 Å². The number of carboxylic acids is 1. The Hall–Kier alpha value is -3.39. The second-order valence-corrected chi connectivity index (χ2v) is 8.11. The molecule has 0 spiro atoms. The van der Waals surface area contributed by atoms with Crippen LogP contribution in [0.5, 0.6) is 0 Å². The number of amides is 2.